The molecule has 4 heteroatoms. The lowest BCUT2D eigenvalue weighted by Gasteiger charge is -2.46. The molecule has 0 amide bonds. The zero-order valence-corrected chi connectivity index (χ0v) is 12.5. The monoisotopic (exact) mass is 257 g/mol. The minimum absolute atomic E-state index is 0.188. The zero-order valence-electron chi connectivity index (χ0n) is 12.5. The lowest BCUT2D eigenvalue weighted by atomic mass is 9.86. The molecule has 1 saturated carbocycles. The average Bonchev–Trinajstić information content (AvgIpc) is 2.81. The molecule has 0 heterocycles. The van der Waals surface area contributed by atoms with Gasteiger partial charge in [-0.25, -0.2) is 0 Å². The Morgan fingerprint density at radius 1 is 1.22 bits per heavy atom. The van der Waals surface area contributed by atoms with E-state index in [1.165, 1.54) is 25.7 Å². The van der Waals surface area contributed by atoms with E-state index >= 15 is 0 Å². The van der Waals surface area contributed by atoms with Gasteiger partial charge in [-0.1, -0.05) is 26.7 Å². The van der Waals surface area contributed by atoms with Crippen molar-refractivity contribution in [2.24, 2.45) is 5.84 Å². The van der Waals surface area contributed by atoms with Crippen LogP contribution in [0.3, 0.4) is 0 Å². The van der Waals surface area contributed by atoms with Crippen molar-refractivity contribution in [2.75, 3.05) is 19.7 Å². The Hall–Kier alpha value is -0.160. The van der Waals surface area contributed by atoms with Crippen molar-refractivity contribution in [1.29, 1.82) is 0 Å². The number of likely N-dealkylation sites (N-methyl/N-ethyl adjacent to an activating group) is 1. The van der Waals surface area contributed by atoms with Crippen LogP contribution in [0.2, 0.25) is 0 Å². The maximum atomic E-state index is 5.81. The number of nitrogens with one attached hydrogen (secondary N) is 1. The summed E-state index contributed by atoms with van der Waals surface area (Å²) in [6.45, 7) is 11.5. The van der Waals surface area contributed by atoms with Crippen LogP contribution >= 0.6 is 0 Å². The molecule has 0 spiro atoms. The van der Waals surface area contributed by atoms with Crippen molar-refractivity contribution < 1.29 is 4.74 Å². The molecule has 0 aromatic heterocycles. The van der Waals surface area contributed by atoms with E-state index in [0.29, 0.717) is 6.61 Å². The van der Waals surface area contributed by atoms with E-state index in [-0.39, 0.29) is 17.7 Å². The van der Waals surface area contributed by atoms with Gasteiger partial charge in [0, 0.05) is 5.54 Å². The maximum Gasteiger partial charge on any atom is 0.0654 e. The molecule has 1 unspecified atom stereocenters. The Morgan fingerprint density at radius 3 is 2.17 bits per heavy atom. The van der Waals surface area contributed by atoms with Gasteiger partial charge in [-0.05, 0) is 39.8 Å². The van der Waals surface area contributed by atoms with Gasteiger partial charge in [0.2, 0.25) is 0 Å². The first-order valence-corrected chi connectivity index (χ1v) is 7.43. The topological polar surface area (TPSA) is 50.5 Å². The Labute approximate surface area is 112 Å². The highest BCUT2D eigenvalue weighted by molar-refractivity contribution is 5.02. The molecular weight excluding hydrogens is 226 g/mol. The Morgan fingerprint density at radius 2 is 1.78 bits per heavy atom. The van der Waals surface area contributed by atoms with Crippen molar-refractivity contribution in [3.63, 3.8) is 0 Å². The van der Waals surface area contributed by atoms with Gasteiger partial charge in [0.25, 0.3) is 0 Å². The van der Waals surface area contributed by atoms with Crippen LogP contribution in [0.4, 0.5) is 0 Å². The van der Waals surface area contributed by atoms with Crippen LogP contribution in [0.15, 0.2) is 0 Å². The lowest BCUT2D eigenvalue weighted by Crippen LogP contribution is -2.63. The van der Waals surface area contributed by atoms with Crippen molar-refractivity contribution >= 4 is 0 Å². The van der Waals surface area contributed by atoms with Gasteiger partial charge in [-0.2, -0.15) is 0 Å². The standard InChI is InChI=1S/C14H31N3O/c1-5-17(6-2)14(9-7-8-10-14)13(16-15)11-18-12(3)4/h12-13,16H,5-11,15H2,1-4H3. The second-order valence-electron chi connectivity index (χ2n) is 5.58. The summed E-state index contributed by atoms with van der Waals surface area (Å²) in [4.78, 5) is 2.56. The van der Waals surface area contributed by atoms with Crippen molar-refractivity contribution in [2.45, 2.75) is 71.1 Å². The summed E-state index contributed by atoms with van der Waals surface area (Å²) in [6, 6.07) is 0.224. The second-order valence-corrected chi connectivity index (χ2v) is 5.58. The Bertz CT molecular complexity index is 223. The number of hydrogen-bond donors (Lipinski definition) is 2. The molecule has 108 valence electrons. The molecule has 1 atom stereocenters. The number of hydrogen-bond acceptors (Lipinski definition) is 4. The summed E-state index contributed by atoms with van der Waals surface area (Å²) in [7, 11) is 0. The van der Waals surface area contributed by atoms with Gasteiger partial charge in [-0.3, -0.25) is 16.2 Å². The molecule has 4 nitrogen and oxygen atoms in total. The Kier molecular flexibility index (Phi) is 6.57. The number of nitrogens with two attached hydrogens (primary N) is 1. The summed E-state index contributed by atoms with van der Waals surface area (Å²) in [5, 5.41) is 0. The SMILES string of the molecule is CCN(CC)C1(C(COC(C)C)NN)CCCC1. The number of nitrogens with zero attached hydrogens (tertiary/aromatic N) is 1. The summed E-state index contributed by atoms with van der Waals surface area (Å²) in [5.41, 5.74) is 3.21. The van der Waals surface area contributed by atoms with E-state index in [4.69, 9.17) is 10.6 Å². The van der Waals surface area contributed by atoms with E-state index in [9.17, 15) is 0 Å². The first-order chi connectivity index (χ1) is 8.60. The molecular formula is C14H31N3O. The van der Waals surface area contributed by atoms with Crippen LogP contribution < -0.4 is 11.3 Å². The third-order valence-electron chi connectivity index (χ3n) is 4.31. The van der Waals surface area contributed by atoms with Crippen LogP contribution in [0.1, 0.15) is 53.4 Å². The highest BCUT2D eigenvalue weighted by Crippen LogP contribution is 2.38. The molecule has 1 aliphatic rings. The predicted octanol–water partition coefficient (Wildman–Crippen LogP) is 1.90. The highest BCUT2D eigenvalue weighted by atomic mass is 16.5. The van der Waals surface area contributed by atoms with Crippen molar-refractivity contribution in [1.82, 2.24) is 10.3 Å². The van der Waals surface area contributed by atoms with Gasteiger partial charge in [0.1, 0.15) is 0 Å². The van der Waals surface area contributed by atoms with Gasteiger partial charge >= 0.3 is 0 Å². The molecule has 0 bridgehead atoms. The fourth-order valence-electron chi connectivity index (χ4n) is 3.37. The van der Waals surface area contributed by atoms with Crippen LogP contribution in [-0.4, -0.2) is 42.3 Å². The molecule has 1 aliphatic carbocycles. The number of rotatable bonds is 8. The third kappa shape index (κ3) is 3.44. The predicted molar refractivity (Wildman–Crippen MR) is 76.3 cm³/mol. The van der Waals surface area contributed by atoms with Crippen LogP contribution in [0.25, 0.3) is 0 Å². The van der Waals surface area contributed by atoms with Crippen LogP contribution in [0, 0.1) is 0 Å². The minimum atomic E-state index is 0.188. The van der Waals surface area contributed by atoms with E-state index in [0.717, 1.165) is 13.1 Å². The lowest BCUT2D eigenvalue weighted by molar-refractivity contribution is -0.00610. The van der Waals surface area contributed by atoms with Gasteiger partial charge < -0.3 is 4.74 Å². The smallest absolute Gasteiger partial charge is 0.0654 e. The molecule has 1 rings (SSSR count). The van der Waals surface area contributed by atoms with Crippen molar-refractivity contribution in [3.05, 3.63) is 0 Å². The minimum Gasteiger partial charge on any atom is -0.377 e. The first-order valence-electron chi connectivity index (χ1n) is 7.43. The summed E-state index contributed by atoms with van der Waals surface area (Å²) < 4.78 is 5.80. The van der Waals surface area contributed by atoms with E-state index in [2.05, 4.69) is 38.0 Å². The van der Waals surface area contributed by atoms with E-state index in [1.54, 1.807) is 0 Å². The Balaban J connectivity index is 2.79. The quantitative estimate of drug-likeness (QED) is 0.515. The van der Waals surface area contributed by atoms with E-state index < -0.39 is 0 Å². The maximum absolute atomic E-state index is 5.81. The largest absolute Gasteiger partial charge is 0.377 e. The first kappa shape index (κ1) is 15.9. The van der Waals surface area contributed by atoms with E-state index in [1.807, 2.05) is 0 Å². The molecule has 0 saturated heterocycles. The molecule has 0 aromatic carbocycles. The molecule has 18 heavy (non-hydrogen) atoms. The van der Waals surface area contributed by atoms with Gasteiger partial charge in [0.15, 0.2) is 0 Å². The van der Waals surface area contributed by atoms with Crippen LogP contribution in [-0.2, 0) is 4.74 Å². The number of hydrazine groups is 1. The molecule has 0 aliphatic heterocycles. The third-order valence-corrected chi connectivity index (χ3v) is 4.31. The van der Waals surface area contributed by atoms with Crippen molar-refractivity contribution in [3.8, 4) is 0 Å². The normalized spacial score (nSPS) is 20.8. The second kappa shape index (κ2) is 7.43. The molecule has 0 radical (unpaired) electrons. The highest BCUT2D eigenvalue weighted by Gasteiger charge is 2.44. The fourth-order valence-corrected chi connectivity index (χ4v) is 3.37. The summed E-state index contributed by atoms with van der Waals surface area (Å²) in [5.74, 6) is 5.81. The summed E-state index contributed by atoms with van der Waals surface area (Å²) >= 11 is 0. The zero-order chi connectivity index (χ0) is 13.6. The fraction of sp³-hybridized carbons (Fsp3) is 1.00. The summed E-state index contributed by atoms with van der Waals surface area (Å²) in [6.07, 6.45) is 5.32. The van der Waals surface area contributed by atoms with Crippen LogP contribution in [0.5, 0.6) is 0 Å². The molecule has 1 fully saturated rings. The average molecular weight is 257 g/mol. The number of ether oxygens (including phenoxy) is 1. The molecule has 3 N–H and O–H groups in total. The van der Waals surface area contributed by atoms with Gasteiger partial charge in [0.05, 0.1) is 18.8 Å². The van der Waals surface area contributed by atoms with Gasteiger partial charge in [-0.15, -0.1) is 0 Å². The molecule has 0 aromatic rings.